The van der Waals surface area contributed by atoms with Gasteiger partial charge < -0.3 is 15.3 Å². The molecule has 1 aromatic heterocycles. The number of aliphatic hydroxyl groups excluding tert-OH is 1. The first kappa shape index (κ1) is 14.3. The Morgan fingerprint density at radius 1 is 1.32 bits per heavy atom. The van der Waals surface area contributed by atoms with Crippen molar-refractivity contribution in [1.82, 2.24) is 15.0 Å². The Morgan fingerprint density at radius 3 is 2.68 bits per heavy atom. The van der Waals surface area contributed by atoms with E-state index in [0.717, 1.165) is 29.9 Å². The van der Waals surface area contributed by atoms with Crippen LogP contribution in [0, 0.1) is 5.92 Å². The minimum atomic E-state index is 0.190. The van der Waals surface area contributed by atoms with Crippen LogP contribution in [-0.2, 0) is 0 Å². The van der Waals surface area contributed by atoms with Gasteiger partial charge in [0, 0.05) is 32.5 Å². The number of hydrogen-bond donors (Lipinski definition) is 2. The fourth-order valence-corrected chi connectivity index (χ4v) is 2.69. The molecule has 0 saturated carbocycles. The second kappa shape index (κ2) is 6.91. The maximum absolute atomic E-state index is 9.05. The van der Waals surface area contributed by atoms with Gasteiger partial charge in [-0.25, -0.2) is 0 Å². The molecule has 1 saturated heterocycles. The lowest BCUT2D eigenvalue weighted by Crippen LogP contribution is -2.21. The third kappa shape index (κ3) is 3.94. The van der Waals surface area contributed by atoms with Gasteiger partial charge >= 0.3 is 0 Å². The van der Waals surface area contributed by atoms with Gasteiger partial charge in [-0.1, -0.05) is 18.7 Å². The summed E-state index contributed by atoms with van der Waals surface area (Å²) >= 11 is 1.57. The largest absolute Gasteiger partial charge is 0.396 e. The molecule has 0 aliphatic carbocycles. The minimum absolute atomic E-state index is 0.190. The molecule has 1 unspecified atom stereocenters. The molecule has 0 spiro atoms. The molecular weight excluding hydrogens is 262 g/mol. The van der Waals surface area contributed by atoms with Crippen molar-refractivity contribution in [2.75, 3.05) is 42.7 Å². The SMILES string of the molecule is CNc1nc(SCC(C)CO)nc(N2CCCC2)n1. The van der Waals surface area contributed by atoms with E-state index in [-0.39, 0.29) is 12.5 Å². The van der Waals surface area contributed by atoms with Crippen LogP contribution in [0.2, 0.25) is 0 Å². The molecule has 1 aromatic rings. The molecule has 0 aromatic carbocycles. The number of aromatic nitrogens is 3. The zero-order valence-electron chi connectivity index (χ0n) is 11.5. The predicted molar refractivity (Wildman–Crippen MR) is 77.8 cm³/mol. The molecule has 106 valence electrons. The first-order valence-corrected chi connectivity index (χ1v) is 7.64. The fraction of sp³-hybridized carbons (Fsp3) is 0.750. The zero-order valence-corrected chi connectivity index (χ0v) is 12.3. The van der Waals surface area contributed by atoms with Crippen molar-refractivity contribution in [2.24, 2.45) is 5.92 Å². The number of aliphatic hydroxyl groups is 1. The Kier molecular flexibility index (Phi) is 5.21. The van der Waals surface area contributed by atoms with Gasteiger partial charge in [-0.05, 0) is 18.8 Å². The summed E-state index contributed by atoms with van der Waals surface area (Å²) in [5.74, 6) is 2.42. The van der Waals surface area contributed by atoms with E-state index in [0.29, 0.717) is 5.95 Å². The monoisotopic (exact) mass is 283 g/mol. The minimum Gasteiger partial charge on any atom is -0.396 e. The topological polar surface area (TPSA) is 74.2 Å². The van der Waals surface area contributed by atoms with Gasteiger partial charge in [-0.3, -0.25) is 0 Å². The number of thioether (sulfide) groups is 1. The third-order valence-corrected chi connectivity index (χ3v) is 4.20. The van der Waals surface area contributed by atoms with Crippen LogP contribution in [0.3, 0.4) is 0 Å². The van der Waals surface area contributed by atoms with E-state index in [1.54, 1.807) is 11.8 Å². The lowest BCUT2D eigenvalue weighted by molar-refractivity contribution is 0.250. The summed E-state index contributed by atoms with van der Waals surface area (Å²) < 4.78 is 0. The molecular formula is C12H21N5OS. The Balaban J connectivity index is 2.11. The molecule has 2 rings (SSSR count). The maximum atomic E-state index is 9.05. The molecule has 1 aliphatic rings. The smallest absolute Gasteiger partial charge is 0.231 e. The third-order valence-electron chi connectivity index (χ3n) is 3.02. The molecule has 1 aliphatic heterocycles. The second-order valence-corrected chi connectivity index (χ2v) is 5.77. The van der Waals surface area contributed by atoms with Gasteiger partial charge in [0.25, 0.3) is 0 Å². The molecule has 2 N–H and O–H groups in total. The van der Waals surface area contributed by atoms with Crippen molar-refractivity contribution in [3.8, 4) is 0 Å². The van der Waals surface area contributed by atoms with E-state index in [1.165, 1.54) is 12.8 Å². The van der Waals surface area contributed by atoms with Crippen molar-refractivity contribution in [1.29, 1.82) is 0 Å². The number of nitrogens with zero attached hydrogens (tertiary/aromatic N) is 4. The average molecular weight is 283 g/mol. The number of nitrogens with one attached hydrogen (secondary N) is 1. The summed E-state index contributed by atoms with van der Waals surface area (Å²) in [6.07, 6.45) is 2.40. The van der Waals surface area contributed by atoms with Crippen LogP contribution < -0.4 is 10.2 Å². The van der Waals surface area contributed by atoms with Crippen molar-refractivity contribution >= 4 is 23.7 Å². The number of hydrogen-bond acceptors (Lipinski definition) is 7. The lowest BCUT2D eigenvalue weighted by Gasteiger charge is -2.16. The predicted octanol–water partition coefficient (Wildman–Crippen LogP) is 1.23. The molecule has 1 atom stereocenters. The Hall–Kier alpha value is -1.08. The summed E-state index contributed by atoms with van der Waals surface area (Å²) in [6.45, 7) is 4.24. The second-order valence-electron chi connectivity index (χ2n) is 4.78. The summed E-state index contributed by atoms with van der Waals surface area (Å²) in [7, 11) is 1.81. The molecule has 6 nitrogen and oxygen atoms in total. The molecule has 1 fully saturated rings. The normalized spacial score (nSPS) is 16.7. The highest BCUT2D eigenvalue weighted by atomic mass is 32.2. The van der Waals surface area contributed by atoms with Crippen molar-refractivity contribution in [3.63, 3.8) is 0 Å². The van der Waals surface area contributed by atoms with Crippen molar-refractivity contribution < 1.29 is 5.11 Å². The van der Waals surface area contributed by atoms with E-state index in [9.17, 15) is 0 Å². The highest BCUT2D eigenvalue weighted by Crippen LogP contribution is 2.22. The van der Waals surface area contributed by atoms with E-state index >= 15 is 0 Å². The summed E-state index contributed by atoms with van der Waals surface area (Å²) in [6, 6.07) is 0. The molecule has 0 bridgehead atoms. The average Bonchev–Trinajstić information content (AvgIpc) is 2.98. The van der Waals surface area contributed by atoms with Crippen molar-refractivity contribution in [2.45, 2.75) is 24.9 Å². The molecule has 0 radical (unpaired) electrons. The zero-order chi connectivity index (χ0) is 13.7. The van der Waals surface area contributed by atoms with Gasteiger partial charge in [0.15, 0.2) is 5.16 Å². The van der Waals surface area contributed by atoms with E-state index in [2.05, 4.69) is 25.2 Å². The van der Waals surface area contributed by atoms with Crippen LogP contribution in [0.5, 0.6) is 0 Å². The number of anilines is 2. The van der Waals surface area contributed by atoms with Crippen LogP contribution in [0.15, 0.2) is 5.16 Å². The van der Waals surface area contributed by atoms with Gasteiger partial charge in [-0.2, -0.15) is 15.0 Å². The first-order chi connectivity index (χ1) is 9.22. The summed E-state index contributed by atoms with van der Waals surface area (Å²) in [5.41, 5.74) is 0. The fourth-order valence-electron chi connectivity index (χ4n) is 1.85. The van der Waals surface area contributed by atoms with E-state index < -0.39 is 0 Å². The van der Waals surface area contributed by atoms with Crippen LogP contribution in [0.1, 0.15) is 19.8 Å². The van der Waals surface area contributed by atoms with Gasteiger partial charge in [0.2, 0.25) is 11.9 Å². The lowest BCUT2D eigenvalue weighted by atomic mass is 10.2. The van der Waals surface area contributed by atoms with Gasteiger partial charge in [0.1, 0.15) is 0 Å². The Labute approximate surface area is 118 Å². The van der Waals surface area contributed by atoms with Gasteiger partial charge in [0.05, 0.1) is 0 Å². The summed E-state index contributed by atoms with van der Waals surface area (Å²) in [5, 5.41) is 12.8. The van der Waals surface area contributed by atoms with Crippen LogP contribution >= 0.6 is 11.8 Å². The van der Waals surface area contributed by atoms with E-state index in [1.807, 2.05) is 14.0 Å². The molecule has 0 amide bonds. The quantitative estimate of drug-likeness (QED) is 0.761. The highest BCUT2D eigenvalue weighted by Gasteiger charge is 2.17. The number of rotatable bonds is 6. The van der Waals surface area contributed by atoms with Crippen LogP contribution in [0.25, 0.3) is 0 Å². The first-order valence-electron chi connectivity index (χ1n) is 6.65. The standard InChI is InChI=1S/C12H21N5OS/c1-9(7-18)8-19-12-15-10(13-2)14-11(16-12)17-5-3-4-6-17/h9,18H,3-8H2,1-2H3,(H,13,14,15,16). The Morgan fingerprint density at radius 2 is 2.05 bits per heavy atom. The maximum Gasteiger partial charge on any atom is 0.231 e. The Bertz CT molecular complexity index is 411. The van der Waals surface area contributed by atoms with Crippen LogP contribution in [-0.4, -0.2) is 52.6 Å². The van der Waals surface area contributed by atoms with Gasteiger partial charge in [-0.15, -0.1) is 0 Å². The van der Waals surface area contributed by atoms with Crippen LogP contribution in [0.4, 0.5) is 11.9 Å². The molecule has 7 heteroatoms. The van der Waals surface area contributed by atoms with Crippen molar-refractivity contribution in [3.05, 3.63) is 0 Å². The molecule has 2 heterocycles. The highest BCUT2D eigenvalue weighted by molar-refractivity contribution is 7.99. The summed E-state index contributed by atoms with van der Waals surface area (Å²) in [4.78, 5) is 15.5. The molecule has 19 heavy (non-hydrogen) atoms. The van der Waals surface area contributed by atoms with E-state index in [4.69, 9.17) is 5.11 Å².